The number of nitrogens with one attached hydrogen (secondary N) is 2. The van der Waals surface area contributed by atoms with Crippen molar-refractivity contribution in [3.8, 4) is 0 Å². The highest BCUT2D eigenvalue weighted by Crippen LogP contribution is 2.24. The Balaban J connectivity index is 2.02. The average molecular weight is 168 g/mol. The number of ketones is 1. The molecule has 2 N–H and O–H groups in total. The van der Waals surface area contributed by atoms with Gasteiger partial charge in [-0.3, -0.25) is 14.6 Å². The number of carbonyl (C=O) groups excluding carboxylic acids is 1. The van der Waals surface area contributed by atoms with Crippen molar-refractivity contribution in [1.29, 1.82) is 0 Å². The molecule has 3 heteroatoms. The molecule has 0 aromatic heterocycles. The lowest BCUT2D eigenvalue weighted by atomic mass is 9.70. The van der Waals surface area contributed by atoms with Crippen LogP contribution in [0.3, 0.4) is 0 Å². The number of hydrogen-bond donors (Lipinski definition) is 2. The molecule has 2 atom stereocenters. The molecule has 4 aliphatic rings. The summed E-state index contributed by atoms with van der Waals surface area (Å²) in [7, 11) is 0. The summed E-state index contributed by atoms with van der Waals surface area (Å²) in [4.78, 5) is 15.2. The van der Waals surface area contributed by atoms with Gasteiger partial charge in [-0.15, -0.1) is 0 Å². The summed E-state index contributed by atoms with van der Waals surface area (Å²) in [5, 5.41) is 0. The topological polar surface area (TPSA) is 26.0 Å². The highest BCUT2D eigenvalue weighted by Gasteiger charge is 2.58. The van der Waals surface area contributed by atoms with Gasteiger partial charge >= 0.3 is 0 Å². The summed E-state index contributed by atoms with van der Waals surface area (Å²) in [6.07, 6.45) is 0. The molecule has 3 nitrogen and oxygen atoms in total. The molecule has 4 bridgehead atoms. The SMILES string of the molecule is CC12C[NH+]3CC(C[NH+](C3)C1)C2=O. The minimum atomic E-state index is 0.0457. The second-order valence-electron chi connectivity index (χ2n) is 5.06. The highest BCUT2D eigenvalue weighted by molar-refractivity contribution is 5.88. The first kappa shape index (κ1) is 7.04. The van der Waals surface area contributed by atoms with Gasteiger partial charge in [0.15, 0.2) is 5.78 Å². The monoisotopic (exact) mass is 168 g/mol. The zero-order chi connectivity index (χ0) is 8.34. The van der Waals surface area contributed by atoms with Crippen LogP contribution in [0.1, 0.15) is 6.92 Å². The van der Waals surface area contributed by atoms with Crippen molar-refractivity contribution in [2.75, 3.05) is 32.8 Å². The first-order valence-electron chi connectivity index (χ1n) is 4.89. The van der Waals surface area contributed by atoms with Crippen LogP contribution in [0.25, 0.3) is 0 Å². The summed E-state index contributed by atoms with van der Waals surface area (Å²) in [5.41, 5.74) is 0.0457. The Bertz CT molecular complexity index is 237. The molecule has 4 heterocycles. The van der Waals surface area contributed by atoms with E-state index in [9.17, 15) is 4.79 Å². The van der Waals surface area contributed by atoms with E-state index in [4.69, 9.17) is 0 Å². The Kier molecular flexibility index (Phi) is 1.12. The maximum absolute atomic E-state index is 11.9. The number of quaternary nitrogens is 2. The number of hydrogen-bond acceptors (Lipinski definition) is 1. The standard InChI is InChI=1S/C9H14N2O/c1-9-4-10-2-7(8(9)12)3-11(5-9)6-10/h7H,2-6H2,1H3/p+2. The molecule has 4 aliphatic heterocycles. The molecule has 0 amide bonds. The molecule has 0 aliphatic carbocycles. The van der Waals surface area contributed by atoms with Crippen LogP contribution in [0.2, 0.25) is 0 Å². The summed E-state index contributed by atoms with van der Waals surface area (Å²) in [6.45, 7) is 7.88. The smallest absolute Gasteiger partial charge is 0.204 e. The number of carbonyl (C=O) groups is 1. The molecule has 0 aromatic carbocycles. The summed E-state index contributed by atoms with van der Waals surface area (Å²) in [6, 6.07) is 0. The van der Waals surface area contributed by atoms with Gasteiger partial charge in [-0.1, -0.05) is 0 Å². The molecular formula is C9H16N2O+2. The van der Waals surface area contributed by atoms with Gasteiger partial charge < -0.3 is 0 Å². The zero-order valence-electron chi connectivity index (χ0n) is 7.52. The molecule has 4 rings (SSSR count). The van der Waals surface area contributed by atoms with E-state index in [2.05, 4.69) is 6.92 Å². The quantitative estimate of drug-likeness (QED) is 0.395. The predicted octanol–water partition coefficient (Wildman–Crippen LogP) is -3.05. The van der Waals surface area contributed by atoms with E-state index < -0.39 is 0 Å². The normalized spacial score (nSPS) is 56.4. The van der Waals surface area contributed by atoms with E-state index >= 15 is 0 Å². The van der Waals surface area contributed by atoms with Crippen molar-refractivity contribution >= 4 is 5.78 Å². The minimum Gasteiger partial charge on any atom is -0.298 e. The second kappa shape index (κ2) is 1.91. The van der Waals surface area contributed by atoms with Gasteiger partial charge in [0.25, 0.3) is 0 Å². The Morgan fingerprint density at radius 2 is 1.92 bits per heavy atom. The number of Topliss-reactive ketones (excluding diaryl/α,β-unsaturated/α-hetero) is 1. The van der Waals surface area contributed by atoms with Gasteiger partial charge in [0.05, 0.1) is 26.2 Å². The van der Waals surface area contributed by atoms with Crippen molar-refractivity contribution in [3.63, 3.8) is 0 Å². The van der Waals surface area contributed by atoms with Crippen LogP contribution in [0.4, 0.5) is 0 Å². The van der Waals surface area contributed by atoms with Crippen LogP contribution >= 0.6 is 0 Å². The second-order valence-corrected chi connectivity index (χ2v) is 5.06. The lowest BCUT2D eigenvalue weighted by Crippen LogP contribution is -3.40. The number of piperidine rings is 2. The Morgan fingerprint density at radius 1 is 1.33 bits per heavy atom. The largest absolute Gasteiger partial charge is 0.298 e. The Hall–Kier alpha value is -0.410. The fourth-order valence-corrected chi connectivity index (χ4v) is 3.55. The molecule has 4 fully saturated rings. The maximum Gasteiger partial charge on any atom is 0.204 e. The van der Waals surface area contributed by atoms with Crippen molar-refractivity contribution in [2.45, 2.75) is 6.92 Å². The van der Waals surface area contributed by atoms with Crippen LogP contribution in [0.5, 0.6) is 0 Å². The first-order chi connectivity index (χ1) is 5.67. The minimum absolute atomic E-state index is 0.0457. The summed E-state index contributed by atoms with van der Waals surface area (Å²) < 4.78 is 0. The fraction of sp³-hybridized carbons (Fsp3) is 0.889. The van der Waals surface area contributed by atoms with Crippen molar-refractivity contribution in [1.82, 2.24) is 0 Å². The van der Waals surface area contributed by atoms with Gasteiger partial charge in [-0.05, 0) is 6.92 Å². The molecule has 2 unspecified atom stereocenters. The third-order valence-corrected chi connectivity index (χ3v) is 3.82. The van der Waals surface area contributed by atoms with Gasteiger partial charge in [0, 0.05) is 0 Å². The van der Waals surface area contributed by atoms with Crippen LogP contribution in [0.15, 0.2) is 0 Å². The van der Waals surface area contributed by atoms with E-state index in [0.29, 0.717) is 11.7 Å². The Morgan fingerprint density at radius 3 is 2.42 bits per heavy atom. The highest BCUT2D eigenvalue weighted by atomic mass is 16.1. The number of rotatable bonds is 0. The van der Waals surface area contributed by atoms with Gasteiger partial charge in [-0.25, -0.2) is 0 Å². The van der Waals surface area contributed by atoms with Gasteiger partial charge in [-0.2, -0.15) is 0 Å². The third kappa shape index (κ3) is 0.709. The zero-order valence-corrected chi connectivity index (χ0v) is 7.52. The summed E-state index contributed by atoms with van der Waals surface area (Å²) >= 11 is 0. The molecule has 0 spiro atoms. The maximum atomic E-state index is 11.9. The first-order valence-corrected chi connectivity index (χ1v) is 4.89. The third-order valence-electron chi connectivity index (χ3n) is 3.82. The molecule has 66 valence electrons. The molecule has 0 radical (unpaired) electrons. The van der Waals surface area contributed by atoms with Crippen molar-refractivity contribution < 1.29 is 14.6 Å². The van der Waals surface area contributed by atoms with Gasteiger partial charge in [0.2, 0.25) is 6.67 Å². The average Bonchev–Trinajstić information content (AvgIpc) is 1.98. The fourth-order valence-electron chi connectivity index (χ4n) is 3.55. The molecule has 0 saturated carbocycles. The van der Waals surface area contributed by atoms with Crippen LogP contribution < -0.4 is 9.80 Å². The van der Waals surface area contributed by atoms with E-state index in [1.54, 1.807) is 9.80 Å². The summed E-state index contributed by atoms with van der Waals surface area (Å²) in [5.74, 6) is 0.964. The van der Waals surface area contributed by atoms with E-state index in [1.807, 2.05) is 0 Å². The molecular weight excluding hydrogens is 152 g/mol. The Labute approximate surface area is 72.3 Å². The van der Waals surface area contributed by atoms with E-state index in [0.717, 1.165) is 26.2 Å². The van der Waals surface area contributed by atoms with Crippen molar-refractivity contribution in [3.05, 3.63) is 0 Å². The molecule has 4 saturated heterocycles. The molecule has 12 heavy (non-hydrogen) atoms. The predicted molar refractivity (Wildman–Crippen MR) is 42.9 cm³/mol. The van der Waals surface area contributed by atoms with Crippen LogP contribution in [0, 0.1) is 11.3 Å². The van der Waals surface area contributed by atoms with Gasteiger partial charge in [0.1, 0.15) is 11.3 Å². The van der Waals surface area contributed by atoms with Crippen LogP contribution in [-0.4, -0.2) is 38.6 Å². The lowest BCUT2D eigenvalue weighted by molar-refractivity contribution is -1.13. The lowest BCUT2D eigenvalue weighted by Gasteiger charge is -2.51. The molecule has 0 aromatic rings. The van der Waals surface area contributed by atoms with E-state index in [-0.39, 0.29) is 5.41 Å². The van der Waals surface area contributed by atoms with E-state index in [1.165, 1.54) is 6.67 Å². The van der Waals surface area contributed by atoms with Crippen molar-refractivity contribution in [2.24, 2.45) is 11.3 Å². The van der Waals surface area contributed by atoms with Crippen LogP contribution in [-0.2, 0) is 4.79 Å².